The number of nitrogens with two attached hydrogens (primary N) is 3. The minimum absolute atomic E-state index is 0.0633. The Kier molecular flexibility index (Phi) is 11.1. The van der Waals surface area contributed by atoms with E-state index in [-0.39, 0.29) is 47.3 Å². The van der Waals surface area contributed by atoms with E-state index < -0.39 is 50.4 Å². The molecule has 8 N–H and O–H groups in total. The van der Waals surface area contributed by atoms with Crippen LogP contribution in [0.2, 0.25) is 0 Å². The zero-order valence-electron chi connectivity index (χ0n) is 21.3. The van der Waals surface area contributed by atoms with E-state index in [0.29, 0.717) is 0 Å². The number of hydrogen-bond donors (Lipinski definition) is 5. The highest BCUT2D eigenvalue weighted by molar-refractivity contribution is 7.89. The van der Waals surface area contributed by atoms with Crippen LogP contribution in [0.3, 0.4) is 0 Å². The number of carbonyl (C=O) groups excluding carboxylic acids is 4. The van der Waals surface area contributed by atoms with Gasteiger partial charge in [-0.15, -0.1) is 0 Å². The zero-order chi connectivity index (χ0) is 30.1. The third-order valence-corrected chi connectivity index (χ3v) is 6.99. The van der Waals surface area contributed by atoms with E-state index >= 15 is 0 Å². The van der Waals surface area contributed by atoms with Gasteiger partial charge in [0.15, 0.2) is 0 Å². The van der Waals surface area contributed by atoms with Crippen molar-refractivity contribution in [1.29, 1.82) is 0 Å². The molecule has 0 saturated heterocycles. The largest absolute Gasteiger partial charge is 0.453 e. The molecule has 0 radical (unpaired) electrons. The van der Waals surface area contributed by atoms with E-state index in [1.807, 2.05) is 0 Å². The molecule has 2 aromatic rings. The topological polar surface area (TPSA) is 254 Å². The summed E-state index contributed by atoms with van der Waals surface area (Å²) in [6.07, 6.45) is -0.863. The van der Waals surface area contributed by atoms with Crippen molar-refractivity contribution in [2.75, 3.05) is 50.5 Å². The fraction of sp³-hybridized carbons (Fsp3) is 0.273. The van der Waals surface area contributed by atoms with Crippen molar-refractivity contribution in [2.24, 2.45) is 16.0 Å². The van der Waals surface area contributed by atoms with Crippen LogP contribution in [0, 0.1) is 0 Å². The lowest BCUT2D eigenvalue weighted by Crippen LogP contribution is -2.46. The van der Waals surface area contributed by atoms with Crippen LogP contribution in [0.25, 0.3) is 0 Å². The Morgan fingerprint density at radius 2 is 1.15 bits per heavy atom. The van der Waals surface area contributed by atoms with Crippen LogP contribution in [0.4, 0.5) is 16.2 Å². The Labute approximate surface area is 230 Å². The molecule has 0 aromatic heterocycles. The Morgan fingerprint density at radius 3 is 1.52 bits per heavy atom. The summed E-state index contributed by atoms with van der Waals surface area (Å²) in [7, 11) is -6.72. The minimum Gasteiger partial charge on any atom is -0.453 e. The van der Waals surface area contributed by atoms with Crippen LogP contribution < -0.4 is 26.6 Å². The van der Waals surface area contributed by atoms with Crippen LogP contribution in [-0.4, -0.2) is 90.3 Å². The number of ether oxygens (including phenoxy) is 1. The third-order valence-electron chi connectivity index (χ3n) is 5.13. The van der Waals surface area contributed by atoms with Gasteiger partial charge in [-0.25, -0.2) is 31.9 Å². The summed E-state index contributed by atoms with van der Waals surface area (Å²) in [6, 6.07) is 10.1. The van der Waals surface area contributed by atoms with E-state index in [1.165, 1.54) is 53.4 Å². The van der Waals surface area contributed by atoms with Crippen LogP contribution in [0.15, 0.2) is 58.3 Å². The quantitative estimate of drug-likeness (QED) is 0.176. The van der Waals surface area contributed by atoms with Crippen molar-refractivity contribution < 1.29 is 40.8 Å². The lowest BCUT2D eigenvalue weighted by Gasteiger charge is -2.25. The van der Waals surface area contributed by atoms with E-state index in [2.05, 4.69) is 10.6 Å². The van der Waals surface area contributed by atoms with E-state index in [1.54, 1.807) is 0 Å². The summed E-state index contributed by atoms with van der Waals surface area (Å²) in [4.78, 5) is 50.9. The number of hydrogen-bond acceptors (Lipinski definition) is 10. The molecule has 0 spiro atoms. The minimum atomic E-state index is -3.91. The molecule has 4 amide bonds. The van der Waals surface area contributed by atoms with Gasteiger partial charge in [0.05, 0.1) is 30.0 Å². The van der Waals surface area contributed by atoms with Crippen molar-refractivity contribution in [1.82, 2.24) is 9.80 Å². The molecule has 0 aliphatic rings. The maximum Gasteiger partial charge on any atom is 0.409 e. The van der Waals surface area contributed by atoms with Gasteiger partial charge in [-0.3, -0.25) is 24.2 Å². The fourth-order valence-electron chi connectivity index (χ4n) is 3.29. The average molecular weight is 600 g/mol. The summed E-state index contributed by atoms with van der Waals surface area (Å²) in [5, 5.41) is 15.1. The molecule has 218 valence electrons. The summed E-state index contributed by atoms with van der Waals surface area (Å²) in [6.45, 7) is -1.37. The molecule has 18 heteroatoms. The van der Waals surface area contributed by atoms with Gasteiger partial charge in [0.2, 0.25) is 37.8 Å². The highest BCUT2D eigenvalue weighted by Crippen LogP contribution is 2.14. The van der Waals surface area contributed by atoms with Crippen molar-refractivity contribution in [3.63, 3.8) is 0 Å². The van der Waals surface area contributed by atoms with Gasteiger partial charge in [-0.05, 0) is 48.5 Å². The number of carbonyl (C=O) groups is 4. The molecule has 40 heavy (non-hydrogen) atoms. The summed E-state index contributed by atoms with van der Waals surface area (Å²) < 4.78 is 50.2. The monoisotopic (exact) mass is 599 g/mol. The predicted octanol–water partition coefficient (Wildman–Crippen LogP) is -1.59. The second-order valence-electron chi connectivity index (χ2n) is 8.30. The molecule has 0 aliphatic carbocycles. The molecular weight excluding hydrogens is 570 g/mol. The lowest BCUT2D eigenvalue weighted by atomic mass is 10.3. The first-order valence-electron chi connectivity index (χ1n) is 11.3. The Morgan fingerprint density at radius 1 is 0.725 bits per heavy atom. The van der Waals surface area contributed by atoms with Gasteiger partial charge < -0.3 is 21.1 Å². The SMILES string of the molecule is COC(=O)N(CCN(CC(N)=O)CC(=O)Nc1ccc(S(N)(=O)=O)cc1)CC(=O)Nc1ccc(S(N)(=O)=O)cc1. The first-order valence-corrected chi connectivity index (χ1v) is 14.4. The number of benzene rings is 2. The molecule has 0 bridgehead atoms. The molecule has 0 fully saturated rings. The highest BCUT2D eigenvalue weighted by Gasteiger charge is 2.21. The van der Waals surface area contributed by atoms with Gasteiger partial charge >= 0.3 is 6.09 Å². The summed E-state index contributed by atoms with van der Waals surface area (Å²) in [5.41, 5.74) is 5.79. The molecule has 0 atom stereocenters. The van der Waals surface area contributed by atoms with E-state index in [0.717, 1.165) is 12.0 Å². The van der Waals surface area contributed by atoms with Crippen LogP contribution in [0.1, 0.15) is 0 Å². The molecule has 0 saturated carbocycles. The zero-order valence-corrected chi connectivity index (χ0v) is 22.9. The van der Waals surface area contributed by atoms with Crippen LogP contribution >= 0.6 is 0 Å². The number of nitrogens with zero attached hydrogens (tertiary/aromatic N) is 2. The Bertz CT molecular complexity index is 1450. The maximum atomic E-state index is 12.5. The molecule has 0 aliphatic heterocycles. The number of sulfonamides is 2. The van der Waals surface area contributed by atoms with Crippen LogP contribution in [-0.2, 0) is 39.2 Å². The lowest BCUT2D eigenvalue weighted by molar-refractivity contribution is -0.121. The Balaban J connectivity index is 2.02. The van der Waals surface area contributed by atoms with Crippen molar-refractivity contribution in [3.8, 4) is 0 Å². The van der Waals surface area contributed by atoms with Crippen LogP contribution in [0.5, 0.6) is 0 Å². The van der Waals surface area contributed by atoms with Gasteiger partial charge in [0, 0.05) is 24.5 Å². The second kappa shape index (κ2) is 13.8. The van der Waals surface area contributed by atoms with Crippen molar-refractivity contribution in [3.05, 3.63) is 48.5 Å². The molecular formula is C22H29N7O9S2. The fourth-order valence-corrected chi connectivity index (χ4v) is 4.32. The average Bonchev–Trinajstić information content (AvgIpc) is 2.85. The number of methoxy groups -OCH3 is 1. The third kappa shape index (κ3) is 10.6. The highest BCUT2D eigenvalue weighted by atomic mass is 32.2. The van der Waals surface area contributed by atoms with E-state index in [9.17, 15) is 36.0 Å². The van der Waals surface area contributed by atoms with Crippen molar-refractivity contribution in [2.45, 2.75) is 9.79 Å². The molecule has 0 heterocycles. The normalized spacial score (nSPS) is 11.5. The first kappa shape index (κ1) is 32.1. The maximum absolute atomic E-state index is 12.5. The molecule has 2 aromatic carbocycles. The van der Waals surface area contributed by atoms with Crippen molar-refractivity contribution >= 4 is 55.2 Å². The number of rotatable bonds is 13. The molecule has 2 rings (SSSR count). The molecule has 16 nitrogen and oxygen atoms in total. The number of nitrogens with one attached hydrogen (secondary N) is 2. The summed E-state index contributed by atoms with van der Waals surface area (Å²) >= 11 is 0. The predicted molar refractivity (Wildman–Crippen MR) is 143 cm³/mol. The molecule has 0 unspecified atom stereocenters. The van der Waals surface area contributed by atoms with Gasteiger partial charge in [0.1, 0.15) is 6.54 Å². The van der Waals surface area contributed by atoms with E-state index in [4.69, 9.17) is 20.7 Å². The standard InChI is InChI=1S/C22H29N7O9S2/c1-38-22(33)29(14-21(32)27-16-4-8-18(9-5-16)40(25,36)37)11-10-28(12-19(23)30)13-20(31)26-15-2-6-17(7-3-15)39(24,34)35/h2-9H,10-14H2,1H3,(H2,23,30)(H,26,31)(H,27,32)(H2,24,34,35)(H2,25,36,37). The number of amides is 4. The number of primary sulfonamides is 2. The second-order valence-corrected chi connectivity index (χ2v) is 11.4. The Hall–Kier alpha value is -4.10. The number of anilines is 2. The summed E-state index contributed by atoms with van der Waals surface area (Å²) in [5.74, 6) is -1.97. The van der Waals surface area contributed by atoms with Gasteiger partial charge in [0.25, 0.3) is 0 Å². The first-order chi connectivity index (χ1) is 18.6. The number of primary amides is 1. The smallest absolute Gasteiger partial charge is 0.409 e. The van der Waals surface area contributed by atoms with Gasteiger partial charge in [-0.2, -0.15) is 0 Å². The van der Waals surface area contributed by atoms with Gasteiger partial charge in [-0.1, -0.05) is 0 Å².